The highest BCUT2D eigenvalue weighted by Gasteiger charge is 2.10. The third-order valence-corrected chi connectivity index (χ3v) is 2.70. The first kappa shape index (κ1) is 13.0. The largest absolute Gasteiger partial charge is 0.491 e. The zero-order valence-electron chi connectivity index (χ0n) is 9.89. The molecule has 0 heterocycles. The summed E-state index contributed by atoms with van der Waals surface area (Å²) in [5, 5.41) is 17.9. The van der Waals surface area contributed by atoms with Crippen molar-refractivity contribution in [3.05, 3.63) is 29.8 Å². The smallest absolute Gasteiger partial charge is 0.122 e. The number of rotatable bonds is 6. The first-order chi connectivity index (χ1) is 7.69. The molecule has 0 saturated carbocycles. The van der Waals surface area contributed by atoms with E-state index in [2.05, 4.69) is 13.8 Å². The number of ether oxygens (including phenoxy) is 1. The molecule has 0 fully saturated rings. The first-order valence-corrected chi connectivity index (χ1v) is 5.69. The Labute approximate surface area is 96.7 Å². The van der Waals surface area contributed by atoms with Crippen molar-refractivity contribution in [2.45, 2.75) is 32.3 Å². The fraction of sp³-hybridized carbons (Fsp3) is 0.538. The van der Waals surface area contributed by atoms with Crippen LogP contribution >= 0.6 is 0 Å². The van der Waals surface area contributed by atoms with Gasteiger partial charge in [0, 0.05) is 0 Å². The van der Waals surface area contributed by atoms with Crippen molar-refractivity contribution in [2.75, 3.05) is 13.2 Å². The molecule has 2 atom stereocenters. The Morgan fingerprint density at radius 3 is 2.62 bits per heavy atom. The van der Waals surface area contributed by atoms with Gasteiger partial charge in [0.15, 0.2) is 0 Å². The zero-order valence-corrected chi connectivity index (χ0v) is 9.89. The van der Waals surface area contributed by atoms with Gasteiger partial charge in [0.2, 0.25) is 0 Å². The topological polar surface area (TPSA) is 49.7 Å². The molecule has 0 bridgehead atoms. The zero-order chi connectivity index (χ0) is 12.0. The quantitative estimate of drug-likeness (QED) is 0.776. The number of aliphatic hydroxyl groups is 2. The highest BCUT2D eigenvalue weighted by atomic mass is 16.5. The number of benzene rings is 1. The Morgan fingerprint density at radius 1 is 1.31 bits per heavy atom. The second-order valence-corrected chi connectivity index (χ2v) is 3.99. The molecular weight excluding hydrogens is 204 g/mol. The van der Waals surface area contributed by atoms with Crippen molar-refractivity contribution in [3.8, 4) is 5.75 Å². The van der Waals surface area contributed by atoms with E-state index in [0.29, 0.717) is 5.92 Å². The van der Waals surface area contributed by atoms with Crippen molar-refractivity contribution in [1.29, 1.82) is 0 Å². The van der Waals surface area contributed by atoms with E-state index in [0.717, 1.165) is 17.7 Å². The van der Waals surface area contributed by atoms with Crippen LogP contribution in [0.4, 0.5) is 0 Å². The van der Waals surface area contributed by atoms with E-state index in [1.807, 2.05) is 24.3 Å². The maximum absolute atomic E-state index is 9.23. The fourth-order valence-corrected chi connectivity index (χ4v) is 1.48. The van der Waals surface area contributed by atoms with Crippen LogP contribution in [0.15, 0.2) is 24.3 Å². The van der Waals surface area contributed by atoms with Gasteiger partial charge in [-0.1, -0.05) is 32.0 Å². The van der Waals surface area contributed by atoms with Gasteiger partial charge in [-0.2, -0.15) is 0 Å². The number of hydrogen-bond acceptors (Lipinski definition) is 3. The lowest BCUT2D eigenvalue weighted by Crippen LogP contribution is -2.21. The van der Waals surface area contributed by atoms with Crippen LogP contribution in [0.3, 0.4) is 0 Å². The molecule has 0 saturated heterocycles. The van der Waals surface area contributed by atoms with Gasteiger partial charge < -0.3 is 14.9 Å². The summed E-state index contributed by atoms with van der Waals surface area (Å²) in [5.74, 6) is 1.23. The highest BCUT2D eigenvalue weighted by Crippen LogP contribution is 2.28. The summed E-state index contributed by atoms with van der Waals surface area (Å²) < 4.78 is 5.50. The Balaban J connectivity index is 2.71. The molecule has 1 rings (SSSR count). The lowest BCUT2D eigenvalue weighted by molar-refractivity contribution is 0.0532. The number of para-hydroxylation sites is 1. The SMILES string of the molecule is CCC(C)c1ccccc1OC[C@H](O)CO. The van der Waals surface area contributed by atoms with Crippen LogP contribution in [0.2, 0.25) is 0 Å². The van der Waals surface area contributed by atoms with Crippen LogP contribution in [0, 0.1) is 0 Å². The summed E-state index contributed by atoms with van der Waals surface area (Å²) in [6.45, 7) is 4.13. The molecule has 0 spiro atoms. The maximum atomic E-state index is 9.23. The second kappa shape index (κ2) is 6.51. The van der Waals surface area contributed by atoms with Crippen molar-refractivity contribution in [3.63, 3.8) is 0 Å². The van der Waals surface area contributed by atoms with Gasteiger partial charge in [-0.05, 0) is 24.0 Å². The molecule has 3 heteroatoms. The highest BCUT2D eigenvalue weighted by molar-refractivity contribution is 5.35. The van der Waals surface area contributed by atoms with Crippen LogP contribution in [0.25, 0.3) is 0 Å². The molecule has 90 valence electrons. The van der Waals surface area contributed by atoms with Gasteiger partial charge in [-0.25, -0.2) is 0 Å². The van der Waals surface area contributed by atoms with Crippen molar-refractivity contribution < 1.29 is 14.9 Å². The molecule has 0 aliphatic rings. The molecule has 1 aromatic carbocycles. The molecular formula is C13H20O3. The van der Waals surface area contributed by atoms with E-state index in [1.54, 1.807) is 0 Å². The average Bonchev–Trinajstić information content (AvgIpc) is 2.35. The minimum atomic E-state index is -0.815. The second-order valence-electron chi connectivity index (χ2n) is 3.99. The molecule has 1 aromatic rings. The van der Waals surface area contributed by atoms with E-state index < -0.39 is 6.10 Å². The van der Waals surface area contributed by atoms with Gasteiger partial charge >= 0.3 is 0 Å². The van der Waals surface area contributed by atoms with Crippen molar-refractivity contribution >= 4 is 0 Å². The summed E-state index contributed by atoms with van der Waals surface area (Å²) in [6.07, 6.45) is 0.230. The van der Waals surface area contributed by atoms with E-state index in [-0.39, 0.29) is 13.2 Å². The number of hydrogen-bond donors (Lipinski definition) is 2. The van der Waals surface area contributed by atoms with Gasteiger partial charge in [0.05, 0.1) is 6.61 Å². The lowest BCUT2D eigenvalue weighted by Gasteiger charge is -2.16. The molecule has 0 aromatic heterocycles. The van der Waals surface area contributed by atoms with E-state index >= 15 is 0 Å². The molecule has 1 unspecified atom stereocenters. The van der Waals surface area contributed by atoms with Crippen LogP contribution in [-0.4, -0.2) is 29.5 Å². The molecule has 2 N–H and O–H groups in total. The van der Waals surface area contributed by atoms with Crippen LogP contribution in [-0.2, 0) is 0 Å². The van der Waals surface area contributed by atoms with Crippen molar-refractivity contribution in [2.24, 2.45) is 0 Å². The minimum absolute atomic E-state index is 0.129. The fourth-order valence-electron chi connectivity index (χ4n) is 1.48. The first-order valence-electron chi connectivity index (χ1n) is 5.69. The van der Waals surface area contributed by atoms with E-state index in [4.69, 9.17) is 9.84 Å². The van der Waals surface area contributed by atoms with Crippen LogP contribution in [0.1, 0.15) is 31.7 Å². The van der Waals surface area contributed by atoms with E-state index in [9.17, 15) is 5.11 Å². The Bertz CT molecular complexity index is 312. The summed E-state index contributed by atoms with van der Waals surface area (Å²) in [4.78, 5) is 0. The van der Waals surface area contributed by atoms with Crippen molar-refractivity contribution in [1.82, 2.24) is 0 Å². The normalized spacial score (nSPS) is 14.5. The average molecular weight is 224 g/mol. The predicted molar refractivity (Wildman–Crippen MR) is 63.7 cm³/mol. The third-order valence-electron chi connectivity index (χ3n) is 2.70. The third kappa shape index (κ3) is 3.51. The molecule has 0 amide bonds. The molecule has 0 aliphatic heterocycles. The molecule has 3 nitrogen and oxygen atoms in total. The maximum Gasteiger partial charge on any atom is 0.122 e. The summed E-state index contributed by atoms with van der Waals surface area (Å²) in [5.41, 5.74) is 1.15. The summed E-state index contributed by atoms with van der Waals surface area (Å²) in [6, 6.07) is 7.82. The monoisotopic (exact) mass is 224 g/mol. The van der Waals surface area contributed by atoms with Crippen LogP contribution in [0.5, 0.6) is 5.75 Å². The van der Waals surface area contributed by atoms with Gasteiger partial charge in [0.25, 0.3) is 0 Å². The minimum Gasteiger partial charge on any atom is -0.491 e. The summed E-state index contributed by atoms with van der Waals surface area (Å²) in [7, 11) is 0. The van der Waals surface area contributed by atoms with Gasteiger partial charge in [0.1, 0.15) is 18.5 Å². The summed E-state index contributed by atoms with van der Waals surface area (Å²) >= 11 is 0. The number of aliphatic hydroxyl groups excluding tert-OH is 2. The van der Waals surface area contributed by atoms with E-state index in [1.165, 1.54) is 0 Å². The predicted octanol–water partition coefficient (Wildman–Crippen LogP) is 1.93. The Morgan fingerprint density at radius 2 is 2.00 bits per heavy atom. The Kier molecular flexibility index (Phi) is 5.29. The molecule has 0 radical (unpaired) electrons. The Hall–Kier alpha value is -1.06. The van der Waals surface area contributed by atoms with Crippen LogP contribution < -0.4 is 4.74 Å². The molecule has 16 heavy (non-hydrogen) atoms. The lowest BCUT2D eigenvalue weighted by atomic mass is 9.98. The van der Waals surface area contributed by atoms with Gasteiger partial charge in [-0.3, -0.25) is 0 Å². The van der Waals surface area contributed by atoms with Gasteiger partial charge in [-0.15, -0.1) is 0 Å². The standard InChI is InChI=1S/C13H20O3/c1-3-10(2)12-6-4-5-7-13(12)16-9-11(15)8-14/h4-7,10-11,14-15H,3,8-9H2,1-2H3/t10?,11-/m1/s1. The molecule has 0 aliphatic carbocycles.